The number of ether oxygens (including phenoxy) is 1. The summed E-state index contributed by atoms with van der Waals surface area (Å²) in [6.07, 6.45) is -8.57. The molecule has 0 bridgehead atoms. The highest BCUT2D eigenvalue weighted by molar-refractivity contribution is 6.23. The van der Waals surface area contributed by atoms with Crippen LogP contribution in [0.1, 0.15) is 32.3 Å². The normalized spacial score (nSPS) is 18.8. The number of anilines is 1. The zero-order valence-electron chi connectivity index (χ0n) is 12.4. The lowest BCUT2D eigenvalue weighted by Crippen LogP contribution is -2.51. The zero-order valence-corrected chi connectivity index (χ0v) is 13.1. The van der Waals surface area contributed by atoms with Crippen molar-refractivity contribution in [3.63, 3.8) is 0 Å². The number of benzene rings is 1. The summed E-state index contributed by atoms with van der Waals surface area (Å²) < 4.78 is 86.4. The van der Waals surface area contributed by atoms with Crippen molar-refractivity contribution in [2.45, 2.75) is 50.0 Å². The monoisotopic (exact) mass is 363 g/mol. The van der Waals surface area contributed by atoms with E-state index in [0.29, 0.717) is 12.1 Å². The predicted molar refractivity (Wildman–Crippen MR) is 75.5 cm³/mol. The molecule has 1 rings (SSSR count). The lowest BCUT2D eigenvalue weighted by Gasteiger charge is -2.36. The highest BCUT2D eigenvalue weighted by Gasteiger charge is 2.69. The first-order valence-corrected chi connectivity index (χ1v) is 7.12. The molecule has 0 fully saturated rings. The molecular formula is C14H16ClF6NO. The number of alkyl halides is 7. The second-order valence-corrected chi connectivity index (χ2v) is 5.50. The van der Waals surface area contributed by atoms with Crippen LogP contribution in [0.3, 0.4) is 0 Å². The predicted octanol–water partition coefficient (Wildman–Crippen LogP) is 5.39. The molecule has 132 valence electrons. The number of halogens is 7. The van der Waals surface area contributed by atoms with E-state index in [2.05, 4.69) is 0 Å². The quantitative estimate of drug-likeness (QED) is 0.417. The second-order valence-electron chi connectivity index (χ2n) is 4.90. The van der Waals surface area contributed by atoms with Crippen molar-refractivity contribution in [2.24, 2.45) is 0 Å². The molecule has 2 nitrogen and oxygen atoms in total. The lowest BCUT2D eigenvalue weighted by atomic mass is 9.87. The lowest BCUT2D eigenvalue weighted by molar-refractivity contribution is -0.265. The maximum atomic E-state index is 14.7. The van der Waals surface area contributed by atoms with E-state index < -0.39 is 41.1 Å². The molecule has 3 unspecified atom stereocenters. The molecular weight excluding hydrogens is 348 g/mol. The van der Waals surface area contributed by atoms with Gasteiger partial charge in [0.05, 0.1) is 5.69 Å². The highest BCUT2D eigenvalue weighted by Crippen LogP contribution is 2.55. The standard InChI is InChI=1S/C14H16ClF6NO/c1-3-11(16)23-10-7-8(5-6-9(10)22)13(18,14(19,20)21)12(15,17)4-2/h5-7,11H,3-4,22H2,1-2H3. The smallest absolute Gasteiger partial charge is 0.431 e. The van der Waals surface area contributed by atoms with Crippen molar-refractivity contribution >= 4 is 17.3 Å². The van der Waals surface area contributed by atoms with Crippen molar-refractivity contribution in [1.82, 2.24) is 0 Å². The van der Waals surface area contributed by atoms with E-state index >= 15 is 0 Å². The van der Waals surface area contributed by atoms with Crippen molar-refractivity contribution in [3.05, 3.63) is 23.8 Å². The first-order chi connectivity index (χ1) is 10.4. The van der Waals surface area contributed by atoms with Gasteiger partial charge in [0.1, 0.15) is 5.75 Å². The fraction of sp³-hybridized carbons (Fsp3) is 0.571. The molecule has 0 aliphatic heterocycles. The van der Waals surface area contributed by atoms with Crippen LogP contribution in [-0.2, 0) is 5.67 Å². The molecule has 0 radical (unpaired) electrons. The van der Waals surface area contributed by atoms with Gasteiger partial charge in [0.25, 0.3) is 5.67 Å². The number of rotatable bonds is 6. The van der Waals surface area contributed by atoms with E-state index in [1.165, 1.54) is 6.92 Å². The molecule has 0 saturated heterocycles. The van der Waals surface area contributed by atoms with E-state index in [0.717, 1.165) is 13.0 Å². The summed E-state index contributed by atoms with van der Waals surface area (Å²) in [6.45, 7) is 2.39. The molecule has 0 amide bonds. The topological polar surface area (TPSA) is 35.2 Å². The van der Waals surface area contributed by atoms with Gasteiger partial charge < -0.3 is 10.5 Å². The minimum Gasteiger partial charge on any atom is -0.458 e. The van der Waals surface area contributed by atoms with Crippen LogP contribution in [0.5, 0.6) is 5.75 Å². The van der Waals surface area contributed by atoms with Crippen molar-refractivity contribution in [1.29, 1.82) is 0 Å². The fourth-order valence-electron chi connectivity index (χ4n) is 1.90. The highest BCUT2D eigenvalue weighted by atomic mass is 35.5. The van der Waals surface area contributed by atoms with Gasteiger partial charge >= 0.3 is 6.18 Å². The Morgan fingerprint density at radius 3 is 2.17 bits per heavy atom. The van der Waals surface area contributed by atoms with Crippen molar-refractivity contribution < 1.29 is 31.1 Å². The minimum absolute atomic E-state index is 0.110. The van der Waals surface area contributed by atoms with Gasteiger partial charge in [-0.1, -0.05) is 31.5 Å². The molecule has 0 saturated carbocycles. The van der Waals surface area contributed by atoms with Crippen LogP contribution in [0, 0.1) is 0 Å². The maximum Gasteiger partial charge on any atom is 0.431 e. The summed E-state index contributed by atoms with van der Waals surface area (Å²) in [7, 11) is 0. The molecule has 0 aliphatic carbocycles. The van der Waals surface area contributed by atoms with Crippen LogP contribution in [-0.4, -0.2) is 17.7 Å². The molecule has 2 N–H and O–H groups in total. The van der Waals surface area contributed by atoms with Gasteiger partial charge in [0.15, 0.2) is 0 Å². The largest absolute Gasteiger partial charge is 0.458 e. The summed E-state index contributed by atoms with van der Waals surface area (Å²) in [6, 6.07) is 2.02. The first-order valence-electron chi connectivity index (χ1n) is 6.74. The molecule has 1 aromatic rings. The molecule has 1 aromatic carbocycles. The average molecular weight is 364 g/mol. The van der Waals surface area contributed by atoms with Crippen LogP contribution < -0.4 is 10.5 Å². The summed E-state index contributed by atoms with van der Waals surface area (Å²) in [5.41, 5.74) is -0.423. The van der Waals surface area contributed by atoms with Gasteiger partial charge in [0, 0.05) is 12.0 Å². The van der Waals surface area contributed by atoms with Gasteiger partial charge in [-0.3, -0.25) is 0 Å². The van der Waals surface area contributed by atoms with E-state index in [9.17, 15) is 26.3 Å². The molecule has 0 aliphatic rings. The summed E-state index contributed by atoms with van der Waals surface area (Å²) in [5, 5.41) is -3.75. The Labute approximate surface area is 134 Å². The van der Waals surface area contributed by atoms with Crippen LogP contribution in [0.4, 0.5) is 32.0 Å². The van der Waals surface area contributed by atoms with Gasteiger partial charge in [-0.15, -0.1) is 0 Å². The fourth-order valence-corrected chi connectivity index (χ4v) is 2.11. The van der Waals surface area contributed by atoms with Crippen LogP contribution in [0.25, 0.3) is 0 Å². The Morgan fingerprint density at radius 2 is 1.74 bits per heavy atom. The third kappa shape index (κ3) is 3.62. The van der Waals surface area contributed by atoms with Gasteiger partial charge in [-0.2, -0.15) is 13.2 Å². The number of hydrogen-bond acceptors (Lipinski definition) is 2. The van der Waals surface area contributed by atoms with Crippen LogP contribution >= 0.6 is 11.6 Å². The van der Waals surface area contributed by atoms with Gasteiger partial charge in [-0.05, 0) is 18.6 Å². The van der Waals surface area contributed by atoms with E-state index in [4.69, 9.17) is 22.1 Å². The Kier molecular flexibility index (Phi) is 5.72. The van der Waals surface area contributed by atoms with E-state index in [1.807, 2.05) is 0 Å². The maximum absolute atomic E-state index is 14.7. The average Bonchev–Trinajstić information content (AvgIpc) is 2.47. The molecule has 3 atom stereocenters. The number of nitrogens with two attached hydrogens (primary N) is 1. The minimum atomic E-state index is -5.65. The zero-order chi connectivity index (χ0) is 18.1. The Bertz CT molecular complexity index is 551. The molecule has 0 heterocycles. The third-order valence-corrected chi connectivity index (χ3v) is 3.85. The van der Waals surface area contributed by atoms with Gasteiger partial charge in [0.2, 0.25) is 11.5 Å². The summed E-state index contributed by atoms with van der Waals surface area (Å²) in [5.74, 6) is -0.522. The molecule has 0 spiro atoms. The SMILES string of the molecule is CCC(F)Oc1cc(C(F)(C(F)(F)F)C(F)(Cl)CC)ccc1N. The third-order valence-electron chi connectivity index (χ3n) is 3.33. The molecule has 0 aromatic heterocycles. The summed E-state index contributed by atoms with van der Waals surface area (Å²) >= 11 is 5.16. The Balaban J connectivity index is 3.48. The number of nitrogen functional groups attached to an aromatic ring is 1. The Morgan fingerprint density at radius 1 is 1.17 bits per heavy atom. The van der Waals surface area contributed by atoms with E-state index in [1.54, 1.807) is 0 Å². The molecule has 23 heavy (non-hydrogen) atoms. The van der Waals surface area contributed by atoms with Crippen LogP contribution in [0.15, 0.2) is 18.2 Å². The van der Waals surface area contributed by atoms with Gasteiger partial charge in [-0.25, -0.2) is 13.2 Å². The van der Waals surface area contributed by atoms with Crippen molar-refractivity contribution in [3.8, 4) is 5.75 Å². The van der Waals surface area contributed by atoms with E-state index in [-0.39, 0.29) is 12.1 Å². The molecule has 9 heteroatoms. The van der Waals surface area contributed by atoms with Crippen LogP contribution in [0.2, 0.25) is 0 Å². The van der Waals surface area contributed by atoms with Crippen molar-refractivity contribution in [2.75, 3.05) is 5.73 Å². The Hall–Kier alpha value is -1.31. The summed E-state index contributed by atoms with van der Waals surface area (Å²) in [4.78, 5) is 0. The first kappa shape index (κ1) is 19.7. The number of hydrogen-bond donors (Lipinski definition) is 1. The second kappa shape index (κ2) is 6.67.